The van der Waals surface area contributed by atoms with Gasteiger partial charge in [0.2, 0.25) is 5.96 Å². The van der Waals surface area contributed by atoms with Crippen LogP contribution >= 0.6 is 11.6 Å². The summed E-state index contributed by atoms with van der Waals surface area (Å²) in [5.41, 5.74) is 2.28. The second-order valence-electron chi connectivity index (χ2n) is 4.66. The number of benzene rings is 2. The maximum Gasteiger partial charge on any atom is 0.242 e. The maximum absolute atomic E-state index is 9.17. The molecule has 0 atom stereocenters. The maximum atomic E-state index is 9.17. The molecule has 0 unspecified atom stereocenters. The topological polar surface area (TPSA) is 82.7 Å². The molecular weight excluding hydrogens is 316 g/mol. The molecule has 3 aromatic rings. The molecule has 0 spiro atoms. The van der Waals surface area contributed by atoms with E-state index in [1.54, 1.807) is 24.4 Å². The third-order valence-electron chi connectivity index (χ3n) is 3.03. The van der Waals surface area contributed by atoms with Gasteiger partial charge in [-0.2, -0.15) is 0 Å². The van der Waals surface area contributed by atoms with Crippen LogP contribution in [0, 0.1) is 0 Å². The zero-order valence-corrected chi connectivity index (χ0v) is 12.7. The summed E-state index contributed by atoms with van der Waals surface area (Å²) in [5, 5.41) is 18.9. The summed E-state index contributed by atoms with van der Waals surface area (Å²) in [5.74, 6) is 0.820. The molecule has 0 bridgehead atoms. The SMILES string of the molecule is ON=C(Nc1cccc(Cl)c1)Nc1cccc(-c2cnco2)c1. The summed E-state index contributed by atoms with van der Waals surface area (Å²) in [6.07, 6.45) is 3.00. The highest BCUT2D eigenvalue weighted by Crippen LogP contribution is 2.22. The van der Waals surface area contributed by atoms with Crippen molar-refractivity contribution >= 4 is 28.9 Å². The number of nitrogens with zero attached hydrogens (tertiary/aromatic N) is 2. The Labute approximate surface area is 137 Å². The summed E-state index contributed by atoms with van der Waals surface area (Å²) in [4.78, 5) is 3.89. The lowest BCUT2D eigenvalue weighted by Gasteiger charge is -2.11. The first kappa shape index (κ1) is 14.9. The molecule has 7 heteroatoms. The number of oxime groups is 1. The molecule has 23 heavy (non-hydrogen) atoms. The van der Waals surface area contributed by atoms with Crippen LogP contribution in [-0.4, -0.2) is 16.2 Å². The molecule has 0 aliphatic carbocycles. The first-order valence-electron chi connectivity index (χ1n) is 6.75. The molecule has 0 aliphatic rings. The molecular formula is C16H13ClN4O2. The Morgan fingerprint density at radius 3 is 2.48 bits per heavy atom. The first-order valence-corrected chi connectivity index (χ1v) is 7.13. The number of nitrogens with one attached hydrogen (secondary N) is 2. The van der Waals surface area contributed by atoms with E-state index in [2.05, 4.69) is 20.8 Å². The summed E-state index contributed by atoms with van der Waals surface area (Å²) in [6.45, 7) is 0. The van der Waals surface area contributed by atoms with Crippen LogP contribution in [0.5, 0.6) is 0 Å². The fourth-order valence-corrected chi connectivity index (χ4v) is 2.22. The fraction of sp³-hybridized carbons (Fsp3) is 0. The monoisotopic (exact) mass is 328 g/mol. The van der Waals surface area contributed by atoms with Crippen LogP contribution in [-0.2, 0) is 0 Å². The smallest absolute Gasteiger partial charge is 0.242 e. The van der Waals surface area contributed by atoms with Gasteiger partial charge in [0.1, 0.15) is 0 Å². The van der Waals surface area contributed by atoms with Gasteiger partial charge in [0.05, 0.1) is 6.20 Å². The van der Waals surface area contributed by atoms with E-state index in [4.69, 9.17) is 16.0 Å². The lowest BCUT2D eigenvalue weighted by atomic mass is 10.1. The molecule has 2 aromatic carbocycles. The van der Waals surface area contributed by atoms with E-state index < -0.39 is 0 Å². The Morgan fingerprint density at radius 2 is 1.83 bits per heavy atom. The molecule has 3 rings (SSSR count). The molecule has 1 heterocycles. The lowest BCUT2D eigenvalue weighted by molar-refractivity contribution is 0.319. The molecule has 1 aromatic heterocycles. The van der Waals surface area contributed by atoms with Crippen molar-refractivity contribution in [1.82, 2.24) is 4.98 Å². The number of aromatic nitrogens is 1. The van der Waals surface area contributed by atoms with Gasteiger partial charge in [-0.05, 0) is 30.3 Å². The zero-order valence-electron chi connectivity index (χ0n) is 11.9. The van der Waals surface area contributed by atoms with Gasteiger partial charge in [-0.3, -0.25) is 0 Å². The standard InChI is InChI=1S/C16H13ClN4O2/c17-12-4-2-6-14(8-12)20-16(21-22)19-13-5-1-3-11(7-13)15-9-18-10-23-15/h1-10,22H,(H2,19,20,21). The minimum absolute atomic E-state index is 0.169. The number of hydrogen-bond acceptors (Lipinski definition) is 4. The van der Waals surface area contributed by atoms with Gasteiger partial charge in [-0.25, -0.2) is 4.98 Å². The molecule has 0 saturated heterocycles. The molecule has 0 radical (unpaired) electrons. The summed E-state index contributed by atoms with van der Waals surface area (Å²) >= 11 is 5.93. The van der Waals surface area contributed by atoms with Gasteiger partial charge in [0.15, 0.2) is 12.2 Å². The third-order valence-corrected chi connectivity index (χ3v) is 3.26. The van der Waals surface area contributed by atoms with Crippen molar-refractivity contribution in [3.63, 3.8) is 0 Å². The summed E-state index contributed by atoms with van der Waals surface area (Å²) in [6, 6.07) is 14.5. The highest BCUT2D eigenvalue weighted by Gasteiger charge is 2.06. The molecule has 0 aliphatic heterocycles. The van der Waals surface area contributed by atoms with Gasteiger partial charge in [-0.1, -0.05) is 35.0 Å². The Bertz CT molecular complexity index is 818. The van der Waals surface area contributed by atoms with E-state index in [1.807, 2.05) is 30.3 Å². The second kappa shape index (κ2) is 6.85. The van der Waals surface area contributed by atoms with Gasteiger partial charge >= 0.3 is 0 Å². The van der Waals surface area contributed by atoms with E-state index in [1.165, 1.54) is 6.39 Å². The number of halogens is 1. The number of rotatable bonds is 3. The van der Waals surface area contributed by atoms with Crippen LogP contribution in [0.1, 0.15) is 0 Å². The van der Waals surface area contributed by atoms with E-state index in [9.17, 15) is 5.21 Å². The number of anilines is 2. The Balaban J connectivity index is 1.76. The lowest BCUT2D eigenvalue weighted by Crippen LogP contribution is -2.21. The highest BCUT2D eigenvalue weighted by molar-refractivity contribution is 6.30. The van der Waals surface area contributed by atoms with Crippen molar-refractivity contribution in [2.45, 2.75) is 0 Å². The quantitative estimate of drug-likeness (QED) is 0.289. The van der Waals surface area contributed by atoms with Crippen molar-refractivity contribution in [2.75, 3.05) is 10.6 Å². The van der Waals surface area contributed by atoms with Crippen molar-refractivity contribution in [1.29, 1.82) is 0 Å². The third kappa shape index (κ3) is 3.81. The number of guanidine groups is 1. The number of hydrogen-bond donors (Lipinski definition) is 3. The second-order valence-corrected chi connectivity index (χ2v) is 5.09. The van der Waals surface area contributed by atoms with Crippen molar-refractivity contribution in [3.05, 3.63) is 66.1 Å². The van der Waals surface area contributed by atoms with Crippen molar-refractivity contribution in [2.24, 2.45) is 5.16 Å². The minimum Gasteiger partial charge on any atom is -0.444 e. The highest BCUT2D eigenvalue weighted by atomic mass is 35.5. The molecule has 6 nitrogen and oxygen atoms in total. The van der Waals surface area contributed by atoms with Crippen LogP contribution in [0.2, 0.25) is 5.02 Å². The van der Waals surface area contributed by atoms with Crippen LogP contribution in [0.3, 0.4) is 0 Å². The molecule has 3 N–H and O–H groups in total. The van der Waals surface area contributed by atoms with Crippen LogP contribution in [0.4, 0.5) is 11.4 Å². The Hall–Kier alpha value is -2.99. The largest absolute Gasteiger partial charge is 0.444 e. The molecule has 0 amide bonds. The molecule has 0 saturated carbocycles. The van der Waals surface area contributed by atoms with Gasteiger partial charge in [-0.15, -0.1) is 0 Å². The molecule has 0 fully saturated rings. The average Bonchev–Trinajstić information content (AvgIpc) is 3.09. The van der Waals surface area contributed by atoms with Crippen molar-refractivity contribution < 1.29 is 9.62 Å². The van der Waals surface area contributed by atoms with Crippen LogP contribution in [0.25, 0.3) is 11.3 Å². The van der Waals surface area contributed by atoms with E-state index in [0.717, 1.165) is 11.3 Å². The summed E-state index contributed by atoms with van der Waals surface area (Å²) in [7, 11) is 0. The van der Waals surface area contributed by atoms with E-state index in [-0.39, 0.29) is 5.96 Å². The number of oxazole rings is 1. The van der Waals surface area contributed by atoms with E-state index >= 15 is 0 Å². The Morgan fingerprint density at radius 1 is 1.09 bits per heavy atom. The van der Waals surface area contributed by atoms with Gasteiger partial charge < -0.3 is 20.3 Å². The minimum atomic E-state index is 0.169. The fourth-order valence-electron chi connectivity index (χ4n) is 2.03. The first-order chi connectivity index (χ1) is 11.2. The Kier molecular flexibility index (Phi) is 4.44. The van der Waals surface area contributed by atoms with Crippen LogP contribution < -0.4 is 10.6 Å². The predicted octanol–water partition coefficient (Wildman–Crippen LogP) is 4.26. The normalized spacial score (nSPS) is 11.3. The van der Waals surface area contributed by atoms with Crippen molar-refractivity contribution in [3.8, 4) is 11.3 Å². The predicted molar refractivity (Wildman–Crippen MR) is 89.9 cm³/mol. The molecule has 116 valence electrons. The van der Waals surface area contributed by atoms with Crippen LogP contribution in [0.15, 0.2) is 70.7 Å². The van der Waals surface area contributed by atoms with Gasteiger partial charge in [0.25, 0.3) is 0 Å². The van der Waals surface area contributed by atoms with E-state index in [0.29, 0.717) is 16.5 Å². The summed E-state index contributed by atoms with van der Waals surface area (Å²) < 4.78 is 5.27. The zero-order chi connectivity index (χ0) is 16.1. The average molecular weight is 329 g/mol. The van der Waals surface area contributed by atoms with Gasteiger partial charge in [0, 0.05) is 22.0 Å².